The van der Waals surface area contributed by atoms with Gasteiger partial charge < -0.3 is 19.9 Å². The first kappa shape index (κ1) is 29.2. The van der Waals surface area contributed by atoms with Gasteiger partial charge in [0.05, 0.1) is 36.0 Å². The van der Waals surface area contributed by atoms with E-state index in [0.717, 1.165) is 17.0 Å². The molecule has 216 valence electrons. The number of aromatic nitrogens is 3. The summed E-state index contributed by atoms with van der Waals surface area (Å²) in [6.45, 7) is 7.93. The number of likely N-dealkylation sites (tertiary alicyclic amines) is 1. The van der Waals surface area contributed by atoms with E-state index in [0.29, 0.717) is 40.9 Å². The molecule has 0 saturated carbocycles. The predicted molar refractivity (Wildman–Crippen MR) is 143 cm³/mol. The normalized spacial score (nSPS) is 15.3. The number of methoxy groups -OCH3 is 1. The number of piperidine rings is 1. The number of aryl methyl sites for hydroxylation is 2. The van der Waals surface area contributed by atoms with Crippen molar-refractivity contribution in [3.05, 3.63) is 62.3 Å². The molecule has 1 aliphatic rings. The molecule has 1 saturated heterocycles. The van der Waals surface area contributed by atoms with Crippen molar-refractivity contribution in [1.29, 1.82) is 0 Å². The monoisotopic (exact) mass is 561 g/mol. The van der Waals surface area contributed by atoms with Crippen LogP contribution in [0.5, 0.6) is 5.75 Å². The number of nitrogens with zero attached hydrogens (tertiary/aromatic N) is 3. The molecule has 1 aliphatic heterocycles. The molecule has 4 rings (SSSR count). The summed E-state index contributed by atoms with van der Waals surface area (Å²) in [4.78, 5) is 42.1. The fraction of sp³-hybridized carbons (Fsp3) is 0.500. The van der Waals surface area contributed by atoms with Crippen LogP contribution in [0.1, 0.15) is 70.7 Å². The van der Waals surface area contributed by atoms with Gasteiger partial charge in [-0.1, -0.05) is 6.92 Å². The molecular weight excluding hydrogens is 527 g/mol. The Labute approximate surface area is 229 Å². The van der Waals surface area contributed by atoms with Crippen LogP contribution < -0.4 is 15.6 Å². The van der Waals surface area contributed by atoms with Crippen molar-refractivity contribution in [1.82, 2.24) is 24.8 Å². The van der Waals surface area contributed by atoms with Gasteiger partial charge in [-0.25, -0.2) is 4.52 Å². The first-order valence-corrected chi connectivity index (χ1v) is 13.2. The van der Waals surface area contributed by atoms with Crippen molar-refractivity contribution in [2.24, 2.45) is 5.92 Å². The quantitative estimate of drug-likeness (QED) is 0.450. The lowest BCUT2D eigenvalue weighted by molar-refractivity contribution is -0.162. The van der Waals surface area contributed by atoms with Crippen LogP contribution in [0.3, 0.4) is 0 Å². The van der Waals surface area contributed by atoms with Crippen LogP contribution in [0.4, 0.5) is 13.2 Å². The first-order chi connectivity index (χ1) is 18.8. The molecule has 0 aromatic carbocycles. The van der Waals surface area contributed by atoms with Crippen LogP contribution in [0, 0.1) is 26.7 Å². The summed E-state index contributed by atoms with van der Waals surface area (Å²) in [5.74, 6) is -0.882. The largest absolute Gasteiger partial charge is 0.496 e. The molecule has 1 unspecified atom stereocenters. The van der Waals surface area contributed by atoms with Gasteiger partial charge in [0.15, 0.2) is 0 Å². The van der Waals surface area contributed by atoms with Crippen LogP contribution >= 0.6 is 0 Å². The van der Waals surface area contributed by atoms with E-state index in [4.69, 9.17) is 4.74 Å². The maximum absolute atomic E-state index is 13.5. The summed E-state index contributed by atoms with van der Waals surface area (Å²) >= 11 is 0. The highest BCUT2D eigenvalue weighted by atomic mass is 19.4. The minimum absolute atomic E-state index is 0.0387. The highest BCUT2D eigenvalue weighted by molar-refractivity contribution is 6.03. The average Bonchev–Trinajstić information content (AvgIpc) is 3.16. The van der Waals surface area contributed by atoms with Crippen molar-refractivity contribution in [2.75, 3.05) is 20.2 Å². The van der Waals surface area contributed by atoms with Gasteiger partial charge in [-0.05, 0) is 63.3 Å². The zero-order valence-electron chi connectivity index (χ0n) is 23.2. The second-order valence-corrected chi connectivity index (χ2v) is 10.5. The second kappa shape index (κ2) is 11.3. The van der Waals surface area contributed by atoms with Crippen LogP contribution in [-0.2, 0) is 11.3 Å². The minimum atomic E-state index is -4.53. The van der Waals surface area contributed by atoms with Crippen LogP contribution in [-0.4, -0.2) is 57.7 Å². The molecule has 0 radical (unpaired) electrons. The Hall–Kier alpha value is -3.83. The van der Waals surface area contributed by atoms with Gasteiger partial charge in [-0.3, -0.25) is 14.4 Å². The Balaban J connectivity index is 1.59. The van der Waals surface area contributed by atoms with Gasteiger partial charge in [0.2, 0.25) is 5.91 Å². The molecule has 2 amide bonds. The number of carbonyl (C=O) groups is 2. The number of hydrogen-bond donors (Lipinski definition) is 2. The molecule has 12 heteroatoms. The summed E-state index contributed by atoms with van der Waals surface area (Å²) in [7, 11) is 1.46. The fourth-order valence-electron chi connectivity index (χ4n) is 5.64. The number of aromatic amines is 1. The molecule has 4 heterocycles. The maximum Gasteiger partial charge on any atom is 0.397 e. The van der Waals surface area contributed by atoms with E-state index in [1.807, 2.05) is 32.9 Å². The standard InChI is InChI=1S/C28H34F3N5O4/c1-15-6-7-21-24(27(39)32-14-20-22(40-5)12-16(2)33-26(20)38)18(4)25(36(21)34-15)17(3)19-8-10-35(11-9-19)23(37)13-28(29,30)31/h6-7,12,17,19H,8-11,13-14H2,1-5H3,(H,32,39)(H,33,38). The minimum Gasteiger partial charge on any atom is -0.496 e. The van der Waals surface area contributed by atoms with Gasteiger partial charge in [-0.15, -0.1) is 0 Å². The summed E-state index contributed by atoms with van der Waals surface area (Å²) in [5.41, 5.74) is 3.99. The Morgan fingerprint density at radius 1 is 1.20 bits per heavy atom. The lowest BCUT2D eigenvalue weighted by atomic mass is 9.82. The number of hydrogen-bond acceptors (Lipinski definition) is 5. The third kappa shape index (κ3) is 6.00. The third-order valence-corrected chi connectivity index (χ3v) is 7.70. The zero-order chi connectivity index (χ0) is 29.4. The second-order valence-electron chi connectivity index (χ2n) is 10.5. The molecule has 3 aromatic heterocycles. The van der Waals surface area contributed by atoms with Crippen molar-refractivity contribution in [2.45, 2.75) is 65.6 Å². The molecule has 0 spiro atoms. The number of fused-ring (bicyclic) bond motifs is 1. The molecule has 9 nitrogen and oxygen atoms in total. The number of carbonyl (C=O) groups excluding carboxylic acids is 2. The number of H-pyrrole nitrogens is 1. The summed E-state index contributed by atoms with van der Waals surface area (Å²) in [5, 5.41) is 7.53. The van der Waals surface area contributed by atoms with Crippen molar-refractivity contribution in [3.8, 4) is 5.75 Å². The van der Waals surface area contributed by atoms with Gasteiger partial charge in [0, 0.05) is 30.4 Å². The Bertz CT molecular complexity index is 1490. The van der Waals surface area contributed by atoms with E-state index in [2.05, 4.69) is 15.4 Å². The molecule has 40 heavy (non-hydrogen) atoms. The third-order valence-electron chi connectivity index (χ3n) is 7.70. The summed E-state index contributed by atoms with van der Waals surface area (Å²) < 4.78 is 45.2. The summed E-state index contributed by atoms with van der Waals surface area (Å²) in [6, 6.07) is 5.34. The molecule has 0 aliphatic carbocycles. The molecule has 0 bridgehead atoms. The maximum atomic E-state index is 13.5. The van der Waals surface area contributed by atoms with Gasteiger partial charge in [0.25, 0.3) is 11.5 Å². The van der Waals surface area contributed by atoms with Gasteiger partial charge in [-0.2, -0.15) is 18.3 Å². The molecule has 2 N–H and O–H groups in total. The van der Waals surface area contributed by atoms with Crippen LogP contribution in [0.25, 0.3) is 5.52 Å². The SMILES string of the molecule is COc1cc(C)[nH]c(=O)c1CNC(=O)c1c(C)c(C(C)C2CCN(C(=O)CC(F)(F)F)CC2)n2nc(C)ccc12. The van der Waals surface area contributed by atoms with E-state index in [1.165, 1.54) is 12.0 Å². The van der Waals surface area contributed by atoms with E-state index in [1.54, 1.807) is 17.5 Å². The molecular formula is C28H34F3N5O4. The average molecular weight is 562 g/mol. The zero-order valence-corrected chi connectivity index (χ0v) is 23.2. The predicted octanol–water partition coefficient (Wildman–Crippen LogP) is 4.18. The first-order valence-electron chi connectivity index (χ1n) is 13.2. The lowest BCUT2D eigenvalue weighted by Gasteiger charge is -2.35. The smallest absolute Gasteiger partial charge is 0.397 e. The van der Waals surface area contributed by atoms with E-state index < -0.39 is 18.5 Å². The van der Waals surface area contributed by atoms with Crippen molar-refractivity contribution in [3.63, 3.8) is 0 Å². The Morgan fingerprint density at radius 3 is 2.50 bits per heavy atom. The lowest BCUT2D eigenvalue weighted by Crippen LogP contribution is -2.41. The highest BCUT2D eigenvalue weighted by Gasteiger charge is 2.36. The van der Waals surface area contributed by atoms with Gasteiger partial charge in [0.1, 0.15) is 12.2 Å². The molecule has 1 atom stereocenters. The van der Waals surface area contributed by atoms with E-state index in [-0.39, 0.29) is 42.9 Å². The number of pyridine rings is 1. The topological polar surface area (TPSA) is 109 Å². The number of alkyl halides is 3. The van der Waals surface area contributed by atoms with E-state index >= 15 is 0 Å². The Morgan fingerprint density at radius 2 is 1.88 bits per heavy atom. The van der Waals surface area contributed by atoms with Crippen molar-refractivity contribution < 1.29 is 27.5 Å². The Kier molecular flexibility index (Phi) is 8.27. The van der Waals surface area contributed by atoms with E-state index in [9.17, 15) is 27.6 Å². The number of amides is 2. The number of nitrogens with one attached hydrogen (secondary N) is 2. The fourth-order valence-corrected chi connectivity index (χ4v) is 5.64. The molecule has 3 aromatic rings. The highest BCUT2D eigenvalue weighted by Crippen LogP contribution is 2.37. The van der Waals surface area contributed by atoms with Crippen LogP contribution in [0.15, 0.2) is 23.0 Å². The van der Waals surface area contributed by atoms with Gasteiger partial charge >= 0.3 is 6.18 Å². The number of ether oxygens (including phenoxy) is 1. The summed E-state index contributed by atoms with van der Waals surface area (Å²) in [6.07, 6.45) is -4.89. The number of rotatable bonds is 7. The van der Waals surface area contributed by atoms with Crippen LogP contribution in [0.2, 0.25) is 0 Å². The molecule has 1 fully saturated rings. The number of halogens is 3. The van der Waals surface area contributed by atoms with Crippen molar-refractivity contribution >= 4 is 17.3 Å².